The van der Waals surface area contributed by atoms with Gasteiger partial charge in [0.15, 0.2) is 0 Å². The Bertz CT molecular complexity index is 1230. The molecule has 9 heteroatoms. The fourth-order valence-corrected chi connectivity index (χ4v) is 2.96. The Hall–Kier alpha value is -3.62. The molecular weight excluding hydrogens is 348 g/mol. The number of hydrogen-bond acceptors (Lipinski definition) is 7. The van der Waals surface area contributed by atoms with Crippen LogP contribution >= 0.6 is 0 Å². The lowest BCUT2D eigenvalue weighted by molar-refractivity contribution is -0.144. The molecule has 0 amide bonds. The van der Waals surface area contributed by atoms with Crippen molar-refractivity contribution in [1.29, 1.82) is 0 Å². The van der Waals surface area contributed by atoms with Crippen LogP contribution in [-0.2, 0) is 22.6 Å². The maximum absolute atomic E-state index is 12.3. The first-order valence-electron chi connectivity index (χ1n) is 8.32. The largest absolute Gasteiger partial charge is 0.457 e. The number of aromatic nitrogens is 6. The van der Waals surface area contributed by atoms with E-state index in [0.29, 0.717) is 28.2 Å². The van der Waals surface area contributed by atoms with Crippen molar-refractivity contribution in [1.82, 2.24) is 29.5 Å². The van der Waals surface area contributed by atoms with E-state index in [1.54, 1.807) is 28.8 Å². The van der Waals surface area contributed by atoms with Gasteiger partial charge in [-0.3, -0.25) is 9.59 Å². The maximum Gasteiger partial charge on any atom is 0.310 e. The van der Waals surface area contributed by atoms with E-state index in [2.05, 4.69) is 25.0 Å². The third kappa shape index (κ3) is 3.14. The lowest BCUT2D eigenvalue weighted by atomic mass is 10.1. The summed E-state index contributed by atoms with van der Waals surface area (Å²) < 4.78 is 6.88. The highest BCUT2D eigenvalue weighted by molar-refractivity contribution is 5.77. The number of rotatable bonds is 4. The van der Waals surface area contributed by atoms with Crippen LogP contribution in [0.2, 0.25) is 0 Å². The zero-order valence-corrected chi connectivity index (χ0v) is 14.8. The normalized spacial score (nSPS) is 11.2. The summed E-state index contributed by atoms with van der Waals surface area (Å²) in [5.74, 6) is 0.337. The number of para-hydroxylation sites is 1. The number of hydrogen-bond donors (Lipinski definition) is 1. The van der Waals surface area contributed by atoms with Gasteiger partial charge in [0.25, 0.3) is 11.3 Å². The molecule has 3 heterocycles. The number of aryl methyl sites for hydroxylation is 2. The number of nitrogens with one attached hydrogen (secondary N) is 1. The van der Waals surface area contributed by atoms with Crippen LogP contribution in [0.3, 0.4) is 0 Å². The number of benzene rings is 1. The molecular formula is C18H16N6O3. The summed E-state index contributed by atoms with van der Waals surface area (Å²) in [6.45, 7) is 3.55. The highest BCUT2D eigenvalue weighted by Gasteiger charge is 2.15. The number of carbonyl (C=O) groups is 1. The quantitative estimate of drug-likeness (QED) is 0.542. The molecule has 0 radical (unpaired) electrons. The zero-order valence-electron chi connectivity index (χ0n) is 14.8. The second-order valence-electron chi connectivity index (χ2n) is 6.10. The highest BCUT2D eigenvalue weighted by atomic mass is 16.5. The topological polar surface area (TPSA) is 115 Å². The standard InChI is InChI=1S/C18H16N6O3/c1-10-13(11(2)24-18(21-10)19-9-20-24)7-16(25)27-8-15-22-14-6-4-3-5-12(14)17(26)23-15/h3-6,9H,7-8H2,1-2H3,(H,22,23,26). The SMILES string of the molecule is Cc1nc2ncnn2c(C)c1CC(=O)OCc1nc2ccccc2c(=O)[nH]1. The lowest BCUT2D eigenvalue weighted by Gasteiger charge is -2.10. The van der Waals surface area contributed by atoms with E-state index in [9.17, 15) is 9.59 Å². The van der Waals surface area contributed by atoms with Crippen molar-refractivity contribution >= 4 is 22.6 Å². The van der Waals surface area contributed by atoms with Gasteiger partial charge in [-0.25, -0.2) is 14.5 Å². The maximum atomic E-state index is 12.3. The third-order valence-corrected chi connectivity index (χ3v) is 4.34. The van der Waals surface area contributed by atoms with E-state index in [1.807, 2.05) is 13.8 Å². The van der Waals surface area contributed by atoms with Crippen LogP contribution in [0.25, 0.3) is 16.7 Å². The average molecular weight is 364 g/mol. The van der Waals surface area contributed by atoms with Crippen molar-refractivity contribution in [3.8, 4) is 0 Å². The fourth-order valence-electron chi connectivity index (χ4n) is 2.96. The van der Waals surface area contributed by atoms with Gasteiger partial charge < -0.3 is 9.72 Å². The van der Waals surface area contributed by atoms with E-state index >= 15 is 0 Å². The Morgan fingerprint density at radius 3 is 2.89 bits per heavy atom. The Labute approximate surface area is 153 Å². The van der Waals surface area contributed by atoms with Crippen molar-refractivity contribution in [2.45, 2.75) is 26.9 Å². The molecule has 9 nitrogen and oxygen atoms in total. The third-order valence-electron chi connectivity index (χ3n) is 4.34. The summed E-state index contributed by atoms with van der Waals surface area (Å²) in [4.78, 5) is 39.7. The average Bonchev–Trinajstić information content (AvgIpc) is 3.12. The predicted molar refractivity (Wildman–Crippen MR) is 96.1 cm³/mol. The van der Waals surface area contributed by atoms with E-state index in [4.69, 9.17) is 4.74 Å². The molecule has 0 unspecified atom stereocenters. The minimum atomic E-state index is -0.446. The van der Waals surface area contributed by atoms with Crippen LogP contribution < -0.4 is 5.56 Å². The van der Waals surface area contributed by atoms with Gasteiger partial charge in [0, 0.05) is 17.0 Å². The van der Waals surface area contributed by atoms with Gasteiger partial charge in [-0.15, -0.1) is 0 Å². The first-order chi connectivity index (χ1) is 13.0. The number of fused-ring (bicyclic) bond motifs is 2. The fraction of sp³-hybridized carbons (Fsp3) is 0.222. The summed E-state index contributed by atoms with van der Waals surface area (Å²) in [7, 11) is 0. The Morgan fingerprint density at radius 2 is 2.04 bits per heavy atom. The minimum Gasteiger partial charge on any atom is -0.457 e. The highest BCUT2D eigenvalue weighted by Crippen LogP contribution is 2.14. The van der Waals surface area contributed by atoms with Gasteiger partial charge in [-0.05, 0) is 26.0 Å². The molecule has 0 saturated carbocycles. The van der Waals surface area contributed by atoms with Crippen molar-refractivity contribution in [3.63, 3.8) is 0 Å². The minimum absolute atomic E-state index is 0.0400. The molecule has 4 rings (SSSR count). The molecule has 0 spiro atoms. The predicted octanol–water partition coefficient (Wildman–Crippen LogP) is 1.26. The molecule has 136 valence electrons. The molecule has 0 saturated heterocycles. The van der Waals surface area contributed by atoms with E-state index < -0.39 is 5.97 Å². The van der Waals surface area contributed by atoms with Crippen molar-refractivity contribution < 1.29 is 9.53 Å². The van der Waals surface area contributed by atoms with Gasteiger partial charge in [0.2, 0.25) is 0 Å². The molecule has 4 aromatic rings. The first kappa shape index (κ1) is 16.8. The van der Waals surface area contributed by atoms with Crippen molar-refractivity contribution in [2.75, 3.05) is 0 Å². The molecule has 1 N–H and O–H groups in total. The summed E-state index contributed by atoms with van der Waals surface area (Å²) in [6, 6.07) is 6.99. The summed E-state index contributed by atoms with van der Waals surface area (Å²) in [5, 5.41) is 4.59. The molecule has 1 aromatic carbocycles. The van der Waals surface area contributed by atoms with E-state index in [1.165, 1.54) is 6.33 Å². The molecule has 27 heavy (non-hydrogen) atoms. The van der Waals surface area contributed by atoms with Crippen LogP contribution in [0.5, 0.6) is 0 Å². The van der Waals surface area contributed by atoms with Gasteiger partial charge in [-0.2, -0.15) is 10.1 Å². The molecule has 0 bridgehead atoms. The van der Waals surface area contributed by atoms with E-state index in [-0.39, 0.29) is 18.6 Å². The molecule has 0 fully saturated rings. The number of aromatic amines is 1. The molecule has 3 aromatic heterocycles. The summed E-state index contributed by atoms with van der Waals surface area (Å²) in [6.07, 6.45) is 1.46. The number of ether oxygens (including phenoxy) is 1. The number of nitrogens with zero attached hydrogens (tertiary/aromatic N) is 5. The second-order valence-corrected chi connectivity index (χ2v) is 6.10. The number of carbonyl (C=O) groups excluding carboxylic acids is 1. The van der Waals surface area contributed by atoms with Crippen LogP contribution in [0.4, 0.5) is 0 Å². The summed E-state index contributed by atoms with van der Waals surface area (Å²) >= 11 is 0. The van der Waals surface area contributed by atoms with Crippen LogP contribution in [-0.4, -0.2) is 35.5 Å². The van der Waals surface area contributed by atoms with Crippen molar-refractivity contribution in [2.24, 2.45) is 0 Å². The molecule has 0 aliphatic carbocycles. The van der Waals surface area contributed by atoms with Crippen LogP contribution in [0.1, 0.15) is 22.8 Å². The Balaban J connectivity index is 1.51. The van der Waals surface area contributed by atoms with Crippen molar-refractivity contribution in [3.05, 3.63) is 63.7 Å². The smallest absolute Gasteiger partial charge is 0.310 e. The Kier molecular flexibility index (Phi) is 4.11. The van der Waals surface area contributed by atoms with Gasteiger partial charge >= 0.3 is 5.97 Å². The summed E-state index contributed by atoms with van der Waals surface area (Å²) in [5.41, 5.74) is 2.50. The van der Waals surface area contributed by atoms with Gasteiger partial charge in [-0.1, -0.05) is 12.1 Å². The lowest BCUT2D eigenvalue weighted by Crippen LogP contribution is -2.16. The molecule has 0 aliphatic heterocycles. The van der Waals surface area contributed by atoms with E-state index in [0.717, 1.165) is 11.3 Å². The van der Waals surface area contributed by atoms with Gasteiger partial charge in [0.05, 0.1) is 17.3 Å². The molecule has 0 aliphatic rings. The zero-order chi connectivity index (χ0) is 19.0. The molecule has 0 atom stereocenters. The first-order valence-corrected chi connectivity index (χ1v) is 8.32. The Morgan fingerprint density at radius 1 is 1.22 bits per heavy atom. The number of esters is 1. The van der Waals surface area contributed by atoms with Crippen LogP contribution in [0, 0.1) is 13.8 Å². The second kappa shape index (κ2) is 6.60. The van der Waals surface area contributed by atoms with Crippen LogP contribution in [0.15, 0.2) is 35.4 Å². The monoisotopic (exact) mass is 364 g/mol. The number of H-pyrrole nitrogens is 1. The van der Waals surface area contributed by atoms with Gasteiger partial charge in [0.1, 0.15) is 18.8 Å².